The molecule has 0 aliphatic rings. The molecule has 1 aromatic rings. The summed E-state index contributed by atoms with van der Waals surface area (Å²) in [4.78, 5) is 11.1. The lowest BCUT2D eigenvalue weighted by Crippen LogP contribution is -1.89. The molecule has 1 aromatic carbocycles. The van der Waals surface area contributed by atoms with Gasteiger partial charge in [-0.25, -0.2) is 0 Å². The van der Waals surface area contributed by atoms with E-state index in [1.165, 1.54) is 0 Å². The fraction of sp³-hybridized carbons (Fsp3) is 0.100. The smallest absolute Gasteiger partial charge is 0.307 e. The van der Waals surface area contributed by atoms with Crippen LogP contribution in [-0.2, 0) is 4.79 Å². The van der Waals surface area contributed by atoms with Crippen LogP contribution in [0.1, 0.15) is 12.0 Å². The lowest BCUT2D eigenvalue weighted by Gasteiger charge is -1.93. The number of carbonyl (C=O) groups is 1. The molecule has 3 heteroatoms. The number of carboxylic acid groups (broad SMARTS) is 1. The summed E-state index contributed by atoms with van der Waals surface area (Å²) in [6.07, 6.45) is 3.44. The zero-order chi connectivity index (χ0) is 9.68. The van der Waals surface area contributed by atoms with E-state index in [2.05, 4.69) is 12.6 Å². The predicted octanol–water partition coefficient (Wildman–Crippen LogP) is 2.46. The zero-order valence-electron chi connectivity index (χ0n) is 6.97. The molecule has 2 nitrogen and oxygen atoms in total. The monoisotopic (exact) mass is 194 g/mol. The number of benzene rings is 1. The maximum Gasteiger partial charge on any atom is 0.307 e. The number of rotatable bonds is 3. The minimum absolute atomic E-state index is 0.0524. The Kier molecular flexibility index (Phi) is 3.58. The zero-order valence-corrected chi connectivity index (χ0v) is 7.87. The summed E-state index contributed by atoms with van der Waals surface area (Å²) >= 11 is 4.17. The Morgan fingerprint density at radius 2 is 2.31 bits per heavy atom. The predicted molar refractivity (Wildman–Crippen MR) is 55.0 cm³/mol. The SMILES string of the molecule is O=C(O)CC=Cc1cccc(S)c1. The Balaban J connectivity index is 2.63. The van der Waals surface area contributed by atoms with E-state index in [1.54, 1.807) is 12.2 Å². The molecular weight excluding hydrogens is 184 g/mol. The molecular formula is C10H10O2S. The van der Waals surface area contributed by atoms with E-state index in [1.807, 2.05) is 24.3 Å². The van der Waals surface area contributed by atoms with E-state index in [-0.39, 0.29) is 6.42 Å². The molecule has 0 aliphatic heterocycles. The first kappa shape index (κ1) is 9.86. The van der Waals surface area contributed by atoms with Crippen molar-refractivity contribution in [3.63, 3.8) is 0 Å². The summed E-state index contributed by atoms with van der Waals surface area (Å²) in [7, 11) is 0. The first-order chi connectivity index (χ1) is 6.18. The van der Waals surface area contributed by atoms with Gasteiger partial charge in [-0.15, -0.1) is 12.6 Å². The topological polar surface area (TPSA) is 37.3 Å². The number of hydrogen-bond donors (Lipinski definition) is 2. The van der Waals surface area contributed by atoms with Crippen LogP contribution < -0.4 is 0 Å². The second kappa shape index (κ2) is 4.72. The summed E-state index contributed by atoms with van der Waals surface area (Å²) in [5.41, 5.74) is 0.966. The summed E-state index contributed by atoms with van der Waals surface area (Å²) < 4.78 is 0. The van der Waals surface area contributed by atoms with Gasteiger partial charge in [-0.1, -0.05) is 24.3 Å². The second-order valence-electron chi connectivity index (χ2n) is 2.60. The highest BCUT2D eigenvalue weighted by Crippen LogP contribution is 2.10. The van der Waals surface area contributed by atoms with Crippen LogP contribution in [0.5, 0.6) is 0 Å². The Bertz CT molecular complexity index is 331. The molecule has 0 aliphatic carbocycles. The lowest BCUT2D eigenvalue weighted by atomic mass is 10.2. The molecule has 1 rings (SSSR count). The first-order valence-corrected chi connectivity index (χ1v) is 4.30. The van der Waals surface area contributed by atoms with Crippen molar-refractivity contribution >= 4 is 24.7 Å². The van der Waals surface area contributed by atoms with E-state index in [4.69, 9.17) is 5.11 Å². The van der Waals surface area contributed by atoms with Gasteiger partial charge in [0, 0.05) is 4.90 Å². The minimum atomic E-state index is -0.821. The van der Waals surface area contributed by atoms with E-state index in [9.17, 15) is 4.79 Å². The molecule has 0 saturated heterocycles. The molecule has 0 saturated carbocycles. The Hall–Kier alpha value is -1.22. The van der Waals surface area contributed by atoms with Crippen molar-refractivity contribution in [1.82, 2.24) is 0 Å². The normalized spacial score (nSPS) is 10.5. The van der Waals surface area contributed by atoms with Gasteiger partial charge in [0.1, 0.15) is 0 Å². The van der Waals surface area contributed by atoms with Crippen LogP contribution in [0.4, 0.5) is 0 Å². The highest BCUT2D eigenvalue weighted by Gasteiger charge is 1.90. The largest absolute Gasteiger partial charge is 0.481 e. The molecule has 1 N–H and O–H groups in total. The molecule has 0 amide bonds. The molecule has 0 heterocycles. The number of thiol groups is 1. The van der Waals surface area contributed by atoms with Crippen molar-refractivity contribution in [2.75, 3.05) is 0 Å². The van der Waals surface area contributed by atoms with Crippen LogP contribution in [0, 0.1) is 0 Å². The first-order valence-electron chi connectivity index (χ1n) is 3.86. The van der Waals surface area contributed by atoms with E-state index >= 15 is 0 Å². The number of hydrogen-bond acceptors (Lipinski definition) is 2. The molecule has 0 atom stereocenters. The van der Waals surface area contributed by atoms with E-state index in [0.717, 1.165) is 10.5 Å². The number of aliphatic carboxylic acids is 1. The van der Waals surface area contributed by atoms with Gasteiger partial charge in [-0.05, 0) is 17.7 Å². The van der Waals surface area contributed by atoms with Crippen LogP contribution in [-0.4, -0.2) is 11.1 Å². The fourth-order valence-corrected chi connectivity index (χ4v) is 1.16. The van der Waals surface area contributed by atoms with Gasteiger partial charge >= 0.3 is 5.97 Å². The van der Waals surface area contributed by atoms with Gasteiger partial charge in [0.2, 0.25) is 0 Å². The average molecular weight is 194 g/mol. The highest BCUT2D eigenvalue weighted by atomic mass is 32.1. The van der Waals surface area contributed by atoms with Gasteiger partial charge in [0.15, 0.2) is 0 Å². The van der Waals surface area contributed by atoms with Crippen molar-refractivity contribution in [3.8, 4) is 0 Å². The standard InChI is InChI=1S/C10H10O2S/c11-10(12)6-2-4-8-3-1-5-9(13)7-8/h1-5,7,13H,6H2,(H,11,12). The fourth-order valence-electron chi connectivity index (χ4n) is 0.924. The number of carboxylic acids is 1. The van der Waals surface area contributed by atoms with Crippen LogP contribution >= 0.6 is 12.6 Å². The lowest BCUT2D eigenvalue weighted by molar-refractivity contribution is -0.135. The highest BCUT2D eigenvalue weighted by molar-refractivity contribution is 7.80. The summed E-state index contributed by atoms with van der Waals surface area (Å²) in [6.45, 7) is 0. The molecule has 0 fully saturated rings. The van der Waals surface area contributed by atoms with Gasteiger partial charge in [-0.2, -0.15) is 0 Å². The molecule has 68 valence electrons. The average Bonchev–Trinajstić information content (AvgIpc) is 2.03. The van der Waals surface area contributed by atoms with Crippen molar-refractivity contribution < 1.29 is 9.90 Å². The molecule has 13 heavy (non-hydrogen) atoms. The van der Waals surface area contributed by atoms with Crippen molar-refractivity contribution in [2.45, 2.75) is 11.3 Å². The van der Waals surface area contributed by atoms with Crippen molar-refractivity contribution in [1.29, 1.82) is 0 Å². The van der Waals surface area contributed by atoms with Gasteiger partial charge in [0.25, 0.3) is 0 Å². The van der Waals surface area contributed by atoms with Crippen LogP contribution in [0.25, 0.3) is 6.08 Å². The van der Waals surface area contributed by atoms with Crippen molar-refractivity contribution in [2.24, 2.45) is 0 Å². The Morgan fingerprint density at radius 1 is 1.54 bits per heavy atom. The van der Waals surface area contributed by atoms with Gasteiger partial charge < -0.3 is 5.11 Å². The second-order valence-corrected chi connectivity index (χ2v) is 3.11. The van der Waals surface area contributed by atoms with Crippen LogP contribution in [0.3, 0.4) is 0 Å². The summed E-state index contributed by atoms with van der Waals surface area (Å²) in [6, 6.07) is 7.53. The third-order valence-corrected chi connectivity index (χ3v) is 1.75. The van der Waals surface area contributed by atoms with Crippen LogP contribution in [0.2, 0.25) is 0 Å². The molecule has 0 unspecified atom stereocenters. The van der Waals surface area contributed by atoms with Crippen LogP contribution in [0.15, 0.2) is 35.2 Å². The van der Waals surface area contributed by atoms with Crippen molar-refractivity contribution in [3.05, 3.63) is 35.9 Å². The maximum atomic E-state index is 10.2. The molecule has 0 bridgehead atoms. The van der Waals surface area contributed by atoms with Gasteiger partial charge in [-0.3, -0.25) is 4.79 Å². The van der Waals surface area contributed by atoms with E-state index in [0.29, 0.717) is 0 Å². The third kappa shape index (κ3) is 3.80. The molecule has 0 spiro atoms. The minimum Gasteiger partial charge on any atom is -0.481 e. The molecule has 0 aromatic heterocycles. The van der Waals surface area contributed by atoms with E-state index < -0.39 is 5.97 Å². The van der Waals surface area contributed by atoms with Gasteiger partial charge in [0.05, 0.1) is 6.42 Å². The Morgan fingerprint density at radius 3 is 2.92 bits per heavy atom. The Labute approximate surface area is 82.3 Å². The third-order valence-electron chi connectivity index (χ3n) is 1.47. The summed E-state index contributed by atoms with van der Waals surface area (Å²) in [5.74, 6) is -0.821. The quantitative estimate of drug-likeness (QED) is 0.725. The summed E-state index contributed by atoms with van der Waals surface area (Å²) in [5, 5.41) is 8.38. The maximum absolute atomic E-state index is 10.2. The molecule has 0 radical (unpaired) electrons.